The number of methoxy groups -OCH3 is 1. The molecule has 1 aliphatic heterocycles. The molecule has 0 radical (unpaired) electrons. The monoisotopic (exact) mass is 345 g/mol. The van der Waals surface area contributed by atoms with Crippen molar-refractivity contribution < 1.29 is 23.4 Å². The molecule has 2 aromatic rings. The highest BCUT2D eigenvalue weighted by Crippen LogP contribution is 2.32. The first-order valence-corrected chi connectivity index (χ1v) is 8.01. The van der Waals surface area contributed by atoms with E-state index in [0.29, 0.717) is 25.1 Å². The molecule has 0 saturated carbocycles. The Balaban J connectivity index is 1.55. The minimum Gasteiger partial charge on any atom is -0.494 e. The molecule has 132 valence electrons. The fraction of sp³-hybridized carbons (Fsp3) is 0.316. The Labute approximate surface area is 145 Å². The van der Waals surface area contributed by atoms with Gasteiger partial charge in [-0.15, -0.1) is 0 Å². The van der Waals surface area contributed by atoms with Crippen molar-refractivity contribution in [1.29, 1.82) is 0 Å². The summed E-state index contributed by atoms with van der Waals surface area (Å²) in [4.78, 5) is 14.0. The number of fused-ring (bicyclic) bond motifs is 1. The maximum absolute atomic E-state index is 13.7. The van der Waals surface area contributed by atoms with Crippen molar-refractivity contribution in [2.45, 2.75) is 19.4 Å². The molecule has 0 atom stereocenters. The van der Waals surface area contributed by atoms with Crippen LogP contribution in [0.15, 0.2) is 36.4 Å². The van der Waals surface area contributed by atoms with Crippen LogP contribution in [0.3, 0.4) is 0 Å². The number of amides is 1. The lowest BCUT2D eigenvalue weighted by atomic mass is 10.1. The van der Waals surface area contributed by atoms with Crippen LogP contribution in [-0.2, 0) is 17.8 Å². The van der Waals surface area contributed by atoms with E-state index in [-0.39, 0.29) is 18.4 Å². The van der Waals surface area contributed by atoms with Crippen LogP contribution in [0, 0.1) is 5.82 Å². The smallest absolute Gasteiger partial charge is 0.231 e. The molecule has 0 bridgehead atoms. The molecule has 0 aromatic heterocycles. The fourth-order valence-electron chi connectivity index (χ4n) is 2.71. The molecule has 2 aromatic carbocycles. The van der Waals surface area contributed by atoms with Crippen LogP contribution in [-0.4, -0.2) is 31.8 Å². The summed E-state index contributed by atoms with van der Waals surface area (Å²) in [5.74, 6) is 1.20. The summed E-state index contributed by atoms with van der Waals surface area (Å²) >= 11 is 0. The van der Waals surface area contributed by atoms with Gasteiger partial charge in [-0.1, -0.05) is 12.1 Å². The van der Waals surface area contributed by atoms with E-state index in [1.54, 1.807) is 24.1 Å². The molecule has 1 heterocycles. The lowest BCUT2D eigenvalue weighted by Crippen LogP contribution is -2.26. The maximum Gasteiger partial charge on any atom is 0.231 e. The van der Waals surface area contributed by atoms with Gasteiger partial charge in [-0.05, 0) is 41.8 Å². The van der Waals surface area contributed by atoms with Gasteiger partial charge in [0, 0.05) is 20.0 Å². The highest BCUT2D eigenvalue weighted by atomic mass is 19.1. The van der Waals surface area contributed by atoms with Gasteiger partial charge in [-0.25, -0.2) is 4.39 Å². The number of hydrogen-bond donors (Lipinski definition) is 0. The number of carbonyl (C=O) groups is 1. The van der Waals surface area contributed by atoms with Gasteiger partial charge in [0.05, 0.1) is 7.11 Å². The van der Waals surface area contributed by atoms with E-state index >= 15 is 0 Å². The predicted octanol–water partition coefficient (Wildman–Crippen LogP) is 3.15. The summed E-state index contributed by atoms with van der Waals surface area (Å²) in [5, 5.41) is 0. The van der Waals surface area contributed by atoms with Crippen LogP contribution in [0.1, 0.15) is 17.5 Å². The number of nitrogens with zero attached hydrogens (tertiary/aromatic N) is 1. The molecule has 3 rings (SSSR count). The fourth-order valence-corrected chi connectivity index (χ4v) is 2.71. The van der Waals surface area contributed by atoms with Crippen molar-refractivity contribution in [3.05, 3.63) is 53.3 Å². The van der Waals surface area contributed by atoms with E-state index in [0.717, 1.165) is 16.9 Å². The van der Waals surface area contributed by atoms with E-state index < -0.39 is 5.82 Å². The largest absolute Gasteiger partial charge is 0.494 e. The minimum absolute atomic E-state index is 0.00565. The third kappa shape index (κ3) is 4.02. The van der Waals surface area contributed by atoms with Crippen LogP contribution >= 0.6 is 0 Å². The number of aryl methyl sites for hydroxylation is 1. The molecule has 25 heavy (non-hydrogen) atoms. The Kier molecular flexibility index (Phi) is 5.07. The third-order valence-corrected chi connectivity index (χ3v) is 4.13. The van der Waals surface area contributed by atoms with E-state index in [1.807, 2.05) is 18.2 Å². The lowest BCUT2D eigenvalue weighted by molar-refractivity contribution is -0.130. The highest BCUT2D eigenvalue weighted by Gasteiger charge is 2.15. The van der Waals surface area contributed by atoms with Gasteiger partial charge < -0.3 is 19.1 Å². The normalized spacial score (nSPS) is 12.1. The Bertz CT molecular complexity index is 778. The van der Waals surface area contributed by atoms with Gasteiger partial charge in [0.25, 0.3) is 0 Å². The Morgan fingerprint density at radius 2 is 1.92 bits per heavy atom. The van der Waals surface area contributed by atoms with Crippen LogP contribution < -0.4 is 14.2 Å². The van der Waals surface area contributed by atoms with E-state index in [1.165, 1.54) is 13.2 Å². The molecular formula is C19H20FNO4. The van der Waals surface area contributed by atoms with E-state index in [9.17, 15) is 9.18 Å². The first-order valence-electron chi connectivity index (χ1n) is 8.01. The molecule has 0 unspecified atom stereocenters. The topological polar surface area (TPSA) is 48.0 Å². The summed E-state index contributed by atoms with van der Waals surface area (Å²) in [7, 11) is 3.17. The molecule has 5 nitrogen and oxygen atoms in total. The second kappa shape index (κ2) is 7.42. The van der Waals surface area contributed by atoms with Crippen molar-refractivity contribution in [2.75, 3.05) is 21.0 Å². The van der Waals surface area contributed by atoms with Gasteiger partial charge >= 0.3 is 0 Å². The zero-order valence-electron chi connectivity index (χ0n) is 14.3. The van der Waals surface area contributed by atoms with Crippen LogP contribution in [0.2, 0.25) is 0 Å². The van der Waals surface area contributed by atoms with Gasteiger partial charge in [-0.2, -0.15) is 0 Å². The number of rotatable bonds is 6. The van der Waals surface area contributed by atoms with Crippen molar-refractivity contribution in [3.8, 4) is 17.2 Å². The maximum atomic E-state index is 13.7. The van der Waals surface area contributed by atoms with Crippen molar-refractivity contribution >= 4 is 5.91 Å². The molecule has 0 aliphatic carbocycles. The summed E-state index contributed by atoms with van der Waals surface area (Å²) in [6, 6.07) is 10.4. The Hall–Kier alpha value is -2.76. The standard InChI is InChI=1S/C19H20FNO4/c1-21(11-14-4-7-17-18(10-14)25-12-24-17)19(22)8-5-13-3-6-16(23-2)15(20)9-13/h3-4,6-7,9-10H,5,8,11-12H2,1-2H3. The summed E-state index contributed by atoms with van der Waals surface area (Å²) in [5.41, 5.74) is 1.73. The van der Waals surface area contributed by atoms with Crippen molar-refractivity contribution in [1.82, 2.24) is 4.90 Å². The summed E-state index contributed by atoms with van der Waals surface area (Å²) < 4.78 is 29.2. The SMILES string of the molecule is COc1ccc(CCC(=O)N(C)Cc2ccc3c(c2)OCO3)cc1F. The van der Waals surface area contributed by atoms with Crippen LogP contribution in [0.25, 0.3) is 0 Å². The molecule has 0 N–H and O–H groups in total. The van der Waals surface area contributed by atoms with Crippen LogP contribution in [0.4, 0.5) is 4.39 Å². The lowest BCUT2D eigenvalue weighted by Gasteiger charge is -2.17. The summed E-state index contributed by atoms with van der Waals surface area (Å²) in [6.07, 6.45) is 0.790. The zero-order valence-corrected chi connectivity index (χ0v) is 14.3. The molecule has 6 heteroatoms. The van der Waals surface area contributed by atoms with Crippen LogP contribution in [0.5, 0.6) is 17.2 Å². The van der Waals surface area contributed by atoms with E-state index in [4.69, 9.17) is 14.2 Å². The van der Waals surface area contributed by atoms with Crippen molar-refractivity contribution in [3.63, 3.8) is 0 Å². The molecule has 0 fully saturated rings. The van der Waals surface area contributed by atoms with Gasteiger partial charge in [0.2, 0.25) is 12.7 Å². The first kappa shape index (κ1) is 17.1. The molecular weight excluding hydrogens is 325 g/mol. The first-order chi connectivity index (χ1) is 12.1. The molecule has 0 spiro atoms. The predicted molar refractivity (Wildman–Crippen MR) is 90.3 cm³/mol. The Morgan fingerprint density at radius 1 is 1.16 bits per heavy atom. The summed E-state index contributed by atoms with van der Waals surface area (Å²) in [6.45, 7) is 0.707. The molecule has 0 saturated heterocycles. The van der Waals surface area contributed by atoms with Gasteiger partial charge in [0.1, 0.15) is 0 Å². The second-order valence-corrected chi connectivity index (χ2v) is 5.91. The third-order valence-electron chi connectivity index (χ3n) is 4.13. The number of carbonyl (C=O) groups excluding carboxylic acids is 1. The van der Waals surface area contributed by atoms with Gasteiger partial charge in [-0.3, -0.25) is 4.79 Å². The quantitative estimate of drug-likeness (QED) is 0.807. The Morgan fingerprint density at radius 3 is 2.68 bits per heavy atom. The highest BCUT2D eigenvalue weighted by molar-refractivity contribution is 5.76. The number of halogens is 1. The second-order valence-electron chi connectivity index (χ2n) is 5.91. The van der Waals surface area contributed by atoms with Crippen molar-refractivity contribution in [2.24, 2.45) is 0 Å². The zero-order chi connectivity index (χ0) is 17.8. The minimum atomic E-state index is -0.416. The number of hydrogen-bond acceptors (Lipinski definition) is 4. The average molecular weight is 345 g/mol. The average Bonchev–Trinajstić information content (AvgIpc) is 3.07. The molecule has 1 amide bonds. The number of ether oxygens (including phenoxy) is 3. The van der Waals surface area contributed by atoms with E-state index in [2.05, 4.69) is 0 Å². The molecule has 1 aliphatic rings. The van der Waals surface area contributed by atoms with Gasteiger partial charge in [0.15, 0.2) is 23.1 Å². The number of benzene rings is 2.